The number of aryl methyl sites for hydroxylation is 1. The van der Waals surface area contributed by atoms with Gasteiger partial charge in [-0.05, 0) is 38.0 Å². The van der Waals surface area contributed by atoms with Gasteiger partial charge in [0.05, 0.1) is 17.5 Å². The van der Waals surface area contributed by atoms with Crippen LogP contribution in [0.15, 0.2) is 42.5 Å². The third-order valence-corrected chi connectivity index (χ3v) is 5.97. The molecule has 1 heterocycles. The van der Waals surface area contributed by atoms with Crippen LogP contribution in [0, 0.1) is 18.8 Å². The molecule has 2 aromatic rings. The molecule has 2 atom stereocenters. The summed E-state index contributed by atoms with van der Waals surface area (Å²) >= 11 is 6.15. The lowest BCUT2D eigenvalue weighted by atomic mass is 9.81. The van der Waals surface area contributed by atoms with Gasteiger partial charge in [-0.3, -0.25) is 14.4 Å². The molecule has 1 saturated heterocycles. The maximum atomic E-state index is 12.9. The molecule has 0 aromatic heterocycles. The monoisotopic (exact) mass is 411 g/mol. The number of rotatable bonds is 5. The van der Waals surface area contributed by atoms with Crippen molar-refractivity contribution in [2.45, 2.75) is 32.6 Å². The third-order valence-electron chi connectivity index (χ3n) is 5.74. The fraction of sp³-hybridized carbons (Fsp3) is 0.348. The van der Waals surface area contributed by atoms with Gasteiger partial charge in [0.1, 0.15) is 5.75 Å². The highest BCUT2D eigenvalue weighted by molar-refractivity contribution is 6.31. The van der Waals surface area contributed by atoms with Crippen LogP contribution in [0.4, 0.5) is 5.69 Å². The summed E-state index contributed by atoms with van der Waals surface area (Å²) in [6.45, 7) is 1.76. The van der Waals surface area contributed by atoms with Crippen molar-refractivity contribution in [3.05, 3.63) is 58.6 Å². The Kier molecular flexibility index (Phi) is 5.41. The molecule has 1 aliphatic heterocycles. The van der Waals surface area contributed by atoms with Crippen LogP contribution >= 0.6 is 11.6 Å². The van der Waals surface area contributed by atoms with Crippen molar-refractivity contribution in [3.63, 3.8) is 0 Å². The van der Waals surface area contributed by atoms with Crippen LogP contribution in [0.2, 0.25) is 5.02 Å². The third kappa shape index (κ3) is 3.79. The van der Waals surface area contributed by atoms with Crippen LogP contribution in [0.5, 0.6) is 5.75 Å². The zero-order valence-corrected chi connectivity index (χ0v) is 16.9. The summed E-state index contributed by atoms with van der Waals surface area (Å²) in [6.07, 6.45) is 3.37. The maximum Gasteiger partial charge on any atom is 0.237 e. The first-order valence-electron chi connectivity index (χ1n) is 9.86. The Bertz CT molecular complexity index is 945. The molecule has 0 radical (unpaired) electrons. The summed E-state index contributed by atoms with van der Waals surface area (Å²) in [5, 5.41) is 0.396. The molecule has 0 spiro atoms. The van der Waals surface area contributed by atoms with E-state index < -0.39 is 0 Å². The van der Waals surface area contributed by atoms with Crippen LogP contribution in [0.1, 0.15) is 41.6 Å². The van der Waals surface area contributed by atoms with Gasteiger partial charge in [0.15, 0.2) is 12.4 Å². The number of ether oxygens (including phenoxy) is 1. The second-order valence-corrected chi connectivity index (χ2v) is 8.14. The molecule has 150 valence electrons. The van der Waals surface area contributed by atoms with E-state index in [0.717, 1.165) is 31.2 Å². The SMILES string of the molecule is Cc1ccc(C(=O)COc2ccc(Cl)cc2N2C(=O)[C@H]3CCCC[C@H]3C2=O)cc1. The first-order valence-corrected chi connectivity index (χ1v) is 10.2. The molecule has 6 heteroatoms. The highest BCUT2D eigenvalue weighted by Gasteiger charge is 2.49. The van der Waals surface area contributed by atoms with Gasteiger partial charge in [-0.15, -0.1) is 0 Å². The number of ketones is 1. The first-order chi connectivity index (χ1) is 14.0. The summed E-state index contributed by atoms with van der Waals surface area (Å²) in [4.78, 5) is 39.6. The van der Waals surface area contributed by atoms with E-state index >= 15 is 0 Å². The molecule has 1 saturated carbocycles. The van der Waals surface area contributed by atoms with Gasteiger partial charge in [0, 0.05) is 10.6 Å². The summed E-state index contributed by atoms with van der Waals surface area (Å²) in [5.74, 6) is -0.809. The van der Waals surface area contributed by atoms with Crippen molar-refractivity contribution in [2.75, 3.05) is 11.5 Å². The number of fused-ring (bicyclic) bond motifs is 1. The molecule has 2 amide bonds. The van der Waals surface area contributed by atoms with Crippen molar-refractivity contribution in [1.82, 2.24) is 0 Å². The first kappa shape index (κ1) is 19.6. The summed E-state index contributed by atoms with van der Waals surface area (Å²) in [5.41, 5.74) is 1.93. The van der Waals surface area contributed by atoms with Gasteiger partial charge in [0.2, 0.25) is 11.8 Å². The Morgan fingerprint density at radius 2 is 1.66 bits per heavy atom. The van der Waals surface area contributed by atoms with Crippen LogP contribution in [-0.4, -0.2) is 24.2 Å². The molecule has 0 unspecified atom stereocenters. The van der Waals surface area contributed by atoms with Gasteiger partial charge in [-0.1, -0.05) is 54.3 Å². The van der Waals surface area contributed by atoms with Gasteiger partial charge < -0.3 is 4.74 Å². The molecule has 4 rings (SSSR count). The van der Waals surface area contributed by atoms with Crippen LogP contribution in [0.25, 0.3) is 0 Å². The molecule has 2 aliphatic rings. The van der Waals surface area contributed by atoms with E-state index in [-0.39, 0.29) is 36.0 Å². The number of halogens is 1. The molecule has 1 aliphatic carbocycles. The smallest absolute Gasteiger partial charge is 0.237 e. The van der Waals surface area contributed by atoms with Crippen molar-refractivity contribution in [3.8, 4) is 5.75 Å². The predicted molar refractivity (Wildman–Crippen MR) is 110 cm³/mol. The zero-order valence-electron chi connectivity index (χ0n) is 16.2. The van der Waals surface area contributed by atoms with Crippen molar-refractivity contribution < 1.29 is 19.1 Å². The van der Waals surface area contributed by atoms with Crippen LogP contribution in [0.3, 0.4) is 0 Å². The Morgan fingerprint density at radius 1 is 1.03 bits per heavy atom. The van der Waals surface area contributed by atoms with E-state index in [0.29, 0.717) is 22.0 Å². The molecule has 2 fully saturated rings. The number of amides is 2. The van der Waals surface area contributed by atoms with Gasteiger partial charge in [0.25, 0.3) is 0 Å². The van der Waals surface area contributed by atoms with E-state index in [1.165, 1.54) is 4.90 Å². The molecular formula is C23H22ClNO4. The van der Waals surface area contributed by atoms with Gasteiger partial charge >= 0.3 is 0 Å². The number of nitrogens with zero attached hydrogens (tertiary/aromatic N) is 1. The summed E-state index contributed by atoms with van der Waals surface area (Å²) in [7, 11) is 0. The number of Topliss-reactive ketones (excluding diaryl/α,β-unsaturated/α-hetero) is 1. The normalized spacial score (nSPS) is 21.2. The van der Waals surface area contributed by atoms with Gasteiger partial charge in [-0.25, -0.2) is 4.90 Å². The minimum atomic E-state index is -0.266. The topological polar surface area (TPSA) is 63.7 Å². The van der Waals surface area contributed by atoms with E-state index in [1.807, 2.05) is 19.1 Å². The highest BCUT2D eigenvalue weighted by Crippen LogP contribution is 2.43. The van der Waals surface area contributed by atoms with Crippen molar-refractivity contribution >= 4 is 34.9 Å². The Balaban J connectivity index is 1.58. The Labute approximate surface area is 174 Å². The number of anilines is 1. The fourth-order valence-electron chi connectivity index (χ4n) is 4.15. The number of imide groups is 1. The number of carbonyl (C=O) groups is 3. The van der Waals surface area contributed by atoms with Crippen molar-refractivity contribution in [1.29, 1.82) is 0 Å². The molecule has 0 N–H and O–H groups in total. The van der Waals surface area contributed by atoms with E-state index in [1.54, 1.807) is 30.3 Å². The number of carbonyl (C=O) groups excluding carboxylic acids is 3. The van der Waals surface area contributed by atoms with Crippen molar-refractivity contribution in [2.24, 2.45) is 11.8 Å². The molecular weight excluding hydrogens is 390 g/mol. The number of hydrogen-bond donors (Lipinski definition) is 0. The highest BCUT2D eigenvalue weighted by atomic mass is 35.5. The summed E-state index contributed by atoms with van der Waals surface area (Å²) < 4.78 is 5.75. The molecule has 0 bridgehead atoms. The van der Waals surface area contributed by atoms with E-state index in [4.69, 9.17) is 16.3 Å². The van der Waals surface area contributed by atoms with Crippen LogP contribution in [-0.2, 0) is 9.59 Å². The summed E-state index contributed by atoms with van der Waals surface area (Å²) in [6, 6.07) is 12.0. The van der Waals surface area contributed by atoms with E-state index in [2.05, 4.69) is 0 Å². The molecule has 2 aromatic carbocycles. The van der Waals surface area contributed by atoms with Crippen LogP contribution < -0.4 is 9.64 Å². The second kappa shape index (κ2) is 7.99. The largest absolute Gasteiger partial charge is 0.483 e. The number of benzene rings is 2. The van der Waals surface area contributed by atoms with Gasteiger partial charge in [-0.2, -0.15) is 0 Å². The lowest BCUT2D eigenvalue weighted by Crippen LogP contribution is -2.31. The minimum Gasteiger partial charge on any atom is -0.483 e. The quantitative estimate of drug-likeness (QED) is 0.533. The average molecular weight is 412 g/mol. The molecule has 5 nitrogen and oxygen atoms in total. The minimum absolute atomic E-state index is 0.182. The van der Waals surface area contributed by atoms with E-state index in [9.17, 15) is 14.4 Å². The lowest BCUT2D eigenvalue weighted by Gasteiger charge is -2.19. The average Bonchev–Trinajstić information content (AvgIpc) is 2.98. The predicted octanol–water partition coefficient (Wildman–Crippen LogP) is 4.59. The second-order valence-electron chi connectivity index (χ2n) is 7.70. The fourth-order valence-corrected chi connectivity index (χ4v) is 4.32. The zero-order chi connectivity index (χ0) is 20.5. The Morgan fingerprint density at radius 3 is 2.28 bits per heavy atom. The molecule has 29 heavy (non-hydrogen) atoms. The maximum absolute atomic E-state index is 12.9. The number of hydrogen-bond acceptors (Lipinski definition) is 4. The standard InChI is InChI=1S/C23H22ClNO4/c1-14-6-8-15(9-7-14)20(26)13-29-21-11-10-16(24)12-19(21)25-22(27)17-4-2-3-5-18(17)23(25)28/h6-12,17-18H,2-5,13H2,1H3/t17-,18+. The lowest BCUT2D eigenvalue weighted by molar-refractivity contribution is -0.122. The Hall–Kier alpha value is -2.66.